The molecule has 0 nitrogen and oxygen atoms in total. The van der Waals surface area contributed by atoms with Crippen LogP contribution in [0.1, 0.15) is 0 Å². The van der Waals surface area contributed by atoms with Crippen LogP contribution in [-0.4, -0.2) is 18.4 Å². The van der Waals surface area contributed by atoms with Crippen molar-refractivity contribution in [3.05, 3.63) is 60.7 Å². The molecule has 0 heterocycles. The van der Waals surface area contributed by atoms with Gasteiger partial charge in [0.15, 0.2) is 0 Å². The van der Waals surface area contributed by atoms with Crippen molar-refractivity contribution in [1.29, 1.82) is 0 Å². The summed E-state index contributed by atoms with van der Waals surface area (Å²) in [5, 5.41) is 0. The maximum atomic E-state index is 2.19. The zero-order chi connectivity index (χ0) is 10.3. The molecular weight excluding hydrogens is 327 g/mol. The Morgan fingerprint density at radius 2 is 1.00 bits per heavy atom. The Kier molecular flexibility index (Phi) is 4.96. The van der Waals surface area contributed by atoms with Gasteiger partial charge in [-0.15, -0.1) is 0 Å². The first kappa shape index (κ1) is 11.4. The molecule has 3 heteroatoms. The van der Waals surface area contributed by atoms with Crippen LogP contribution < -0.4 is 0 Å². The molecule has 2 radical (unpaired) electrons. The predicted octanol–water partition coefficient (Wildman–Crippen LogP) is 4.11. The van der Waals surface area contributed by atoms with E-state index in [4.69, 9.17) is 0 Å². The van der Waals surface area contributed by atoms with Gasteiger partial charge in [-0.2, -0.15) is 0 Å². The third-order valence-electron chi connectivity index (χ3n) is 1.81. The van der Waals surface area contributed by atoms with E-state index in [1.165, 1.54) is 9.79 Å². The van der Waals surface area contributed by atoms with E-state index in [2.05, 4.69) is 60.7 Å². The summed E-state index contributed by atoms with van der Waals surface area (Å²) in [6.07, 6.45) is 0. The van der Waals surface area contributed by atoms with Crippen LogP contribution in [0, 0.1) is 0 Å². The Labute approximate surface area is 106 Å². The average molecular weight is 337 g/mol. The van der Waals surface area contributed by atoms with Gasteiger partial charge in [0.05, 0.1) is 0 Å². The van der Waals surface area contributed by atoms with E-state index in [1.807, 2.05) is 17.9 Å². The zero-order valence-corrected chi connectivity index (χ0v) is 12.6. The first-order valence-corrected chi connectivity index (χ1v) is 13.3. The van der Waals surface area contributed by atoms with Gasteiger partial charge in [0.1, 0.15) is 0 Å². The average Bonchev–Trinajstić information content (AvgIpc) is 2.32. The molecule has 0 aromatic heterocycles. The van der Waals surface area contributed by atoms with E-state index in [9.17, 15) is 0 Å². The molecule has 0 saturated heterocycles. The molecule has 2 rings (SSSR count). The summed E-state index contributed by atoms with van der Waals surface area (Å²) in [7, 11) is 4.10. The van der Waals surface area contributed by atoms with E-state index in [1.54, 1.807) is 0 Å². The normalized spacial score (nSPS) is 10.1. The van der Waals surface area contributed by atoms with Crippen molar-refractivity contribution in [1.82, 2.24) is 0 Å². The molecular formula is C12H10S2Sn. The Morgan fingerprint density at radius 1 is 0.600 bits per heavy atom. The predicted molar refractivity (Wildman–Crippen MR) is 70.4 cm³/mol. The van der Waals surface area contributed by atoms with Crippen LogP contribution in [0.3, 0.4) is 0 Å². The van der Waals surface area contributed by atoms with Gasteiger partial charge in [-0.05, 0) is 0 Å². The Bertz CT molecular complexity index is 349. The molecule has 0 fully saturated rings. The van der Waals surface area contributed by atoms with Gasteiger partial charge >= 0.3 is 107 Å². The summed E-state index contributed by atoms with van der Waals surface area (Å²) in [5.74, 6) is 0. The molecule has 0 N–H and O–H groups in total. The van der Waals surface area contributed by atoms with E-state index >= 15 is 0 Å². The van der Waals surface area contributed by atoms with Crippen molar-refractivity contribution in [2.24, 2.45) is 0 Å². The third kappa shape index (κ3) is 4.13. The van der Waals surface area contributed by atoms with Gasteiger partial charge in [0.2, 0.25) is 0 Å². The zero-order valence-electron chi connectivity index (χ0n) is 8.09. The molecule has 0 atom stereocenters. The standard InChI is InChI=1S/2C6H6S.Sn/c2*7-6-4-2-1-3-5-6;/h2*1-5,7H;/q;;+2/p-2. The minimum absolute atomic E-state index is 0.424. The van der Waals surface area contributed by atoms with Crippen LogP contribution in [0.5, 0.6) is 0 Å². The SMILES string of the molecule is c1ccc([S][Sn][S]c2ccccc2)cc1. The van der Waals surface area contributed by atoms with Crippen molar-refractivity contribution in [2.45, 2.75) is 9.79 Å². The molecule has 2 aromatic rings. The van der Waals surface area contributed by atoms with Gasteiger partial charge in [-0.25, -0.2) is 0 Å². The fourth-order valence-corrected chi connectivity index (χ4v) is 11.0. The van der Waals surface area contributed by atoms with Gasteiger partial charge < -0.3 is 0 Å². The molecule has 0 amide bonds. The molecule has 0 aliphatic rings. The van der Waals surface area contributed by atoms with E-state index in [0.717, 1.165) is 0 Å². The van der Waals surface area contributed by atoms with E-state index in [0.29, 0.717) is 0 Å². The fraction of sp³-hybridized carbons (Fsp3) is 0. The quantitative estimate of drug-likeness (QED) is 0.771. The van der Waals surface area contributed by atoms with Crippen molar-refractivity contribution in [3.63, 3.8) is 0 Å². The summed E-state index contributed by atoms with van der Waals surface area (Å²) in [6.45, 7) is 0. The molecule has 0 aliphatic heterocycles. The monoisotopic (exact) mass is 338 g/mol. The molecule has 15 heavy (non-hydrogen) atoms. The first-order chi connectivity index (χ1) is 7.45. The summed E-state index contributed by atoms with van der Waals surface area (Å²) >= 11 is -0.424. The second-order valence-electron chi connectivity index (χ2n) is 2.91. The third-order valence-corrected chi connectivity index (χ3v) is 11.8. The van der Waals surface area contributed by atoms with Gasteiger partial charge in [-0.3, -0.25) is 0 Å². The van der Waals surface area contributed by atoms with Crippen molar-refractivity contribution >= 4 is 36.3 Å². The van der Waals surface area contributed by atoms with Crippen molar-refractivity contribution < 1.29 is 0 Å². The number of rotatable bonds is 4. The van der Waals surface area contributed by atoms with Crippen LogP contribution in [0.2, 0.25) is 0 Å². The maximum absolute atomic E-state index is 2.19. The summed E-state index contributed by atoms with van der Waals surface area (Å²) in [6, 6.07) is 21.3. The van der Waals surface area contributed by atoms with Gasteiger partial charge in [-0.1, -0.05) is 0 Å². The van der Waals surface area contributed by atoms with Gasteiger partial charge in [0.25, 0.3) is 0 Å². The second-order valence-corrected chi connectivity index (χ2v) is 12.7. The Hall–Kier alpha value is -0.0613. The molecule has 0 unspecified atom stereocenters. The molecule has 0 spiro atoms. The van der Waals surface area contributed by atoms with Crippen LogP contribution in [0.25, 0.3) is 0 Å². The molecule has 0 saturated carbocycles. The Balaban J connectivity index is 1.81. The van der Waals surface area contributed by atoms with Gasteiger partial charge in [0, 0.05) is 0 Å². The summed E-state index contributed by atoms with van der Waals surface area (Å²) < 4.78 is 0. The van der Waals surface area contributed by atoms with Crippen LogP contribution in [0.15, 0.2) is 70.5 Å². The number of hydrogen-bond donors (Lipinski definition) is 0. The molecule has 2 aromatic carbocycles. The van der Waals surface area contributed by atoms with Crippen molar-refractivity contribution in [3.8, 4) is 0 Å². The topological polar surface area (TPSA) is 0 Å². The first-order valence-electron chi connectivity index (χ1n) is 4.64. The fourth-order valence-electron chi connectivity index (χ4n) is 1.09. The Morgan fingerprint density at radius 3 is 1.40 bits per heavy atom. The molecule has 74 valence electrons. The molecule has 0 bridgehead atoms. The summed E-state index contributed by atoms with van der Waals surface area (Å²) in [5.41, 5.74) is 0. The van der Waals surface area contributed by atoms with Crippen LogP contribution in [-0.2, 0) is 0 Å². The molecule has 0 aliphatic carbocycles. The van der Waals surface area contributed by atoms with E-state index in [-0.39, 0.29) is 0 Å². The summed E-state index contributed by atoms with van der Waals surface area (Å²) in [4.78, 5) is 2.82. The minimum atomic E-state index is -0.424. The number of hydrogen-bond acceptors (Lipinski definition) is 2. The van der Waals surface area contributed by atoms with E-state index < -0.39 is 18.4 Å². The second kappa shape index (κ2) is 6.51. The van der Waals surface area contributed by atoms with Crippen molar-refractivity contribution in [2.75, 3.05) is 0 Å². The van der Waals surface area contributed by atoms with Crippen LogP contribution >= 0.6 is 17.9 Å². The number of benzene rings is 2. The van der Waals surface area contributed by atoms with Crippen LogP contribution in [0.4, 0.5) is 0 Å².